The number of amidine groups is 1. The minimum Gasteiger partial charge on any atom is -0.325 e. The van der Waals surface area contributed by atoms with Crippen molar-refractivity contribution in [2.75, 3.05) is 12.4 Å². The topological polar surface area (TPSA) is 92.0 Å². The van der Waals surface area contributed by atoms with Crippen molar-refractivity contribution in [3.8, 4) is 0 Å². The number of hydrogen-bond acceptors (Lipinski definition) is 5. The summed E-state index contributed by atoms with van der Waals surface area (Å²) in [6.45, 7) is 2.20. The fourth-order valence-electron chi connectivity index (χ4n) is 1.94. The summed E-state index contributed by atoms with van der Waals surface area (Å²) in [6, 6.07) is 6.31. The van der Waals surface area contributed by atoms with Gasteiger partial charge in [-0.25, -0.2) is 9.37 Å². The average Bonchev–Trinajstić information content (AvgIpc) is 2.61. The first-order valence-corrected chi connectivity index (χ1v) is 7.83. The summed E-state index contributed by atoms with van der Waals surface area (Å²) in [4.78, 5) is 23.6. The number of pyridine rings is 2. The van der Waals surface area contributed by atoms with Crippen molar-refractivity contribution >= 4 is 17.4 Å². The monoisotopic (exact) mass is 342 g/mol. The molecule has 2 aromatic rings. The van der Waals surface area contributed by atoms with Crippen LogP contribution in [0.2, 0.25) is 0 Å². The van der Waals surface area contributed by atoms with Crippen molar-refractivity contribution in [1.82, 2.24) is 9.97 Å². The summed E-state index contributed by atoms with van der Waals surface area (Å²) in [5.41, 5.74) is 1.78. The second-order valence-electron chi connectivity index (χ2n) is 5.14. The molecular weight excluding hydrogens is 323 g/mol. The van der Waals surface area contributed by atoms with Gasteiger partial charge in [0.2, 0.25) is 5.91 Å². The predicted molar refractivity (Wildman–Crippen MR) is 93.0 cm³/mol. The van der Waals surface area contributed by atoms with E-state index in [1.807, 2.05) is 6.92 Å². The number of hydrogen-bond donors (Lipinski definition) is 1. The average molecular weight is 342 g/mol. The van der Waals surface area contributed by atoms with E-state index in [1.54, 1.807) is 25.4 Å². The SMILES string of the molecule is CCCC(=O)Nc1ccc(CN=NC(=NC)c2ccc(F)cn2)nc1. The van der Waals surface area contributed by atoms with Gasteiger partial charge >= 0.3 is 0 Å². The Balaban J connectivity index is 1.94. The molecule has 0 atom stereocenters. The van der Waals surface area contributed by atoms with Gasteiger partial charge in [-0.1, -0.05) is 6.92 Å². The Labute approximate surface area is 145 Å². The number of halogens is 1. The molecule has 0 aliphatic heterocycles. The molecule has 0 saturated carbocycles. The number of nitrogens with zero attached hydrogens (tertiary/aromatic N) is 5. The molecule has 0 unspecified atom stereocenters. The van der Waals surface area contributed by atoms with Gasteiger partial charge in [0.05, 0.1) is 23.8 Å². The van der Waals surface area contributed by atoms with Gasteiger partial charge in [-0.2, -0.15) is 5.11 Å². The van der Waals surface area contributed by atoms with E-state index in [0.29, 0.717) is 29.3 Å². The number of carbonyl (C=O) groups is 1. The molecule has 0 aromatic carbocycles. The zero-order valence-corrected chi connectivity index (χ0v) is 14.1. The van der Waals surface area contributed by atoms with E-state index in [-0.39, 0.29) is 12.5 Å². The standard InChI is InChI=1S/C17H19FN6O/c1-3-4-16(25)23-14-7-6-13(20-10-14)11-22-24-17(19-2)15-8-5-12(18)9-21-15/h5-10H,3-4,11H2,1-2H3,(H,23,25). The molecule has 0 bridgehead atoms. The molecule has 0 radical (unpaired) electrons. The highest BCUT2D eigenvalue weighted by molar-refractivity contribution is 5.97. The Hall–Kier alpha value is -3.03. The number of amides is 1. The maximum atomic E-state index is 12.9. The van der Waals surface area contributed by atoms with Gasteiger partial charge in [-0.05, 0) is 30.7 Å². The second-order valence-corrected chi connectivity index (χ2v) is 5.14. The zero-order valence-electron chi connectivity index (χ0n) is 14.1. The van der Waals surface area contributed by atoms with E-state index in [0.717, 1.165) is 12.6 Å². The highest BCUT2D eigenvalue weighted by Crippen LogP contribution is 2.09. The van der Waals surface area contributed by atoms with Crippen molar-refractivity contribution in [3.63, 3.8) is 0 Å². The number of nitrogens with one attached hydrogen (secondary N) is 1. The summed E-state index contributed by atoms with van der Waals surface area (Å²) in [6.07, 6.45) is 3.95. The molecular formula is C17H19FN6O. The van der Waals surface area contributed by atoms with Crippen LogP contribution in [0.4, 0.5) is 10.1 Å². The maximum absolute atomic E-state index is 12.9. The molecule has 130 valence electrons. The van der Waals surface area contributed by atoms with E-state index in [9.17, 15) is 9.18 Å². The molecule has 0 saturated heterocycles. The van der Waals surface area contributed by atoms with Gasteiger partial charge in [-0.3, -0.25) is 14.8 Å². The first kappa shape index (κ1) is 18.3. The Kier molecular flexibility index (Phi) is 6.82. The first-order valence-electron chi connectivity index (χ1n) is 7.83. The number of carbonyl (C=O) groups excluding carboxylic acids is 1. The van der Waals surface area contributed by atoms with Crippen LogP contribution in [0.15, 0.2) is 51.9 Å². The number of rotatable bonds is 6. The van der Waals surface area contributed by atoms with E-state index in [2.05, 4.69) is 30.5 Å². The summed E-state index contributed by atoms with van der Waals surface area (Å²) in [5.74, 6) is -0.151. The predicted octanol–water partition coefficient (Wildman–Crippen LogP) is 3.38. The third kappa shape index (κ3) is 5.83. The molecule has 2 rings (SSSR count). The van der Waals surface area contributed by atoms with Gasteiger partial charge in [0.1, 0.15) is 18.1 Å². The van der Waals surface area contributed by atoms with Crippen LogP contribution in [0.1, 0.15) is 31.2 Å². The molecule has 1 amide bonds. The Morgan fingerprint density at radius 2 is 2.04 bits per heavy atom. The van der Waals surface area contributed by atoms with Crippen molar-refractivity contribution in [3.05, 3.63) is 53.9 Å². The largest absolute Gasteiger partial charge is 0.325 e. The van der Waals surface area contributed by atoms with Crippen molar-refractivity contribution < 1.29 is 9.18 Å². The summed E-state index contributed by atoms with van der Waals surface area (Å²) < 4.78 is 12.9. The quantitative estimate of drug-likeness (QED) is 0.495. The van der Waals surface area contributed by atoms with E-state index >= 15 is 0 Å². The van der Waals surface area contributed by atoms with Crippen molar-refractivity contribution in [2.24, 2.45) is 15.2 Å². The van der Waals surface area contributed by atoms with Gasteiger partial charge in [0, 0.05) is 13.5 Å². The van der Waals surface area contributed by atoms with Crippen LogP contribution in [0, 0.1) is 5.82 Å². The van der Waals surface area contributed by atoms with E-state index in [1.165, 1.54) is 12.1 Å². The lowest BCUT2D eigenvalue weighted by Crippen LogP contribution is -2.10. The number of aliphatic imine (C=N–C) groups is 1. The maximum Gasteiger partial charge on any atom is 0.224 e. The fourth-order valence-corrected chi connectivity index (χ4v) is 1.94. The smallest absolute Gasteiger partial charge is 0.224 e. The molecule has 1 N–H and O–H groups in total. The summed E-state index contributed by atoms with van der Waals surface area (Å²) in [7, 11) is 1.56. The van der Waals surface area contributed by atoms with E-state index < -0.39 is 5.82 Å². The minimum atomic E-state index is -0.425. The molecule has 7 nitrogen and oxygen atoms in total. The van der Waals surface area contributed by atoms with Crippen molar-refractivity contribution in [1.29, 1.82) is 0 Å². The number of aromatic nitrogens is 2. The Morgan fingerprint density at radius 3 is 2.64 bits per heavy atom. The van der Waals surface area contributed by atoms with Crippen molar-refractivity contribution in [2.45, 2.75) is 26.3 Å². The van der Waals surface area contributed by atoms with Crippen LogP contribution in [0.25, 0.3) is 0 Å². The van der Waals surface area contributed by atoms with Crippen LogP contribution < -0.4 is 5.32 Å². The molecule has 8 heteroatoms. The van der Waals surface area contributed by atoms with Crippen LogP contribution in [-0.2, 0) is 11.3 Å². The lowest BCUT2D eigenvalue weighted by molar-refractivity contribution is -0.116. The lowest BCUT2D eigenvalue weighted by Gasteiger charge is -2.04. The van der Waals surface area contributed by atoms with Gasteiger partial charge < -0.3 is 5.32 Å². The third-order valence-corrected chi connectivity index (χ3v) is 3.15. The van der Waals surface area contributed by atoms with Crippen LogP contribution >= 0.6 is 0 Å². The third-order valence-electron chi connectivity index (χ3n) is 3.15. The van der Waals surface area contributed by atoms with Gasteiger partial charge in [0.15, 0.2) is 5.84 Å². The summed E-state index contributed by atoms with van der Waals surface area (Å²) >= 11 is 0. The molecule has 0 spiro atoms. The van der Waals surface area contributed by atoms with Crippen LogP contribution in [0.5, 0.6) is 0 Å². The molecule has 0 aliphatic rings. The minimum absolute atomic E-state index is 0.0349. The molecule has 2 aromatic heterocycles. The van der Waals surface area contributed by atoms with E-state index in [4.69, 9.17) is 0 Å². The van der Waals surface area contributed by atoms with Gasteiger partial charge in [-0.15, -0.1) is 5.11 Å². The normalized spacial score (nSPS) is 11.7. The van der Waals surface area contributed by atoms with Crippen LogP contribution in [-0.4, -0.2) is 28.8 Å². The molecule has 25 heavy (non-hydrogen) atoms. The molecule has 2 heterocycles. The first-order chi connectivity index (χ1) is 12.1. The zero-order chi connectivity index (χ0) is 18.1. The van der Waals surface area contributed by atoms with Crippen LogP contribution in [0.3, 0.4) is 0 Å². The Bertz CT molecular complexity index is 756. The van der Waals surface area contributed by atoms with Gasteiger partial charge in [0.25, 0.3) is 0 Å². The fraction of sp³-hybridized carbons (Fsp3) is 0.294. The Morgan fingerprint density at radius 1 is 1.20 bits per heavy atom. The molecule has 0 fully saturated rings. The second kappa shape index (κ2) is 9.31. The lowest BCUT2D eigenvalue weighted by atomic mass is 10.3. The number of azo groups is 1. The summed E-state index contributed by atoms with van der Waals surface area (Å²) in [5, 5.41) is 10.8. The molecule has 0 aliphatic carbocycles. The number of anilines is 1. The highest BCUT2D eigenvalue weighted by Gasteiger charge is 2.04. The highest BCUT2D eigenvalue weighted by atomic mass is 19.1.